The zero-order valence-corrected chi connectivity index (χ0v) is 25.9. The molecule has 0 radical (unpaired) electrons. The minimum atomic E-state index is -0.848. The predicted octanol–water partition coefficient (Wildman–Crippen LogP) is 3.07. The van der Waals surface area contributed by atoms with Crippen LogP contribution in [0.4, 0.5) is 5.69 Å². The van der Waals surface area contributed by atoms with Gasteiger partial charge in [0.15, 0.2) is 11.5 Å². The number of esters is 1. The molecule has 0 aromatic heterocycles. The van der Waals surface area contributed by atoms with E-state index in [0.29, 0.717) is 53.4 Å². The zero-order chi connectivity index (χ0) is 31.0. The van der Waals surface area contributed by atoms with Gasteiger partial charge in [0.2, 0.25) is 23.0 Å². The number of rotatable bonds is 12. The molecule has 11 nitrogen and oxygen atoms in total. The molecule has 0 fully saturated rings. The maximum Gasteiger partial charge on any atom is 0.328 e. The molecule has 1 aliphatic carbocycles. The van der Waals surface area contributed by atoms with E-state index in [4.69, 9.17) is 18.9 Å². The molecule has 228 valence electrons. The molecular weight excluding hydrogens is 562 g/mol. The monoisotopic (exact) mass is 601 g/mol. The summed E-state index contributed by atoms with van der Waals surface area (Å²) in [4.78, 5) is 50.9. The summed E-state index contributed by atoms with van der Waals surface area (Å²) in [6, 6.07) is 4.62. The van der Waals surface area contributed by atoms with Gasteiger partial charge in [-0.25, -0.2) is 4.79 Å². The van der Waals surface area contributed by atoms with Crippen LogP contribution in [0.1, 0.15) is 43.9 Å². The lowest BCUT2D eigenvalue weighted by Gasteiger charge is -2.20. The van der Waals surface area contributed by atoms with Crippen molar-refractivity contribution in [1.82, 2.24) is 10.6 Å². The van der Waals surface area contributed by atoms with Gasteiger partial charge in [-0.15, -0.1) is 0 Å². The highest BCUT2D eigenvalue weighted by Gasteiger charge is 2.30. The van der Waals surface area contributed by atoms with Crippen molar-refractivity contribution >= 4 is 35.2 Å². The SMILES string of the molecule is COC(=O)[C@@H](CCSC)NC(=O)[C@@H](C)Nc1ccc2c(cc1=O)[C@H](NC(C)=O)CCc1cc(OC)c(OC)c(OC)c1-2. The third-order valence-corrected chi connectivity index (χ3v) is 7.74. The summed E-state index contributed by atoms with van der Waals surface area (Å²) >= 11 is 1.55. The fourth-order valence-corrected chi connectivity index (χ4v) is 5.52. The van der Waals surface area contributed by atoms with E-state index >= 15 is 0 Å². The van der Waals surface area contributed by atoms with Crippen molar-refractivity contribution in [3.05, 3.63) is 45.6 Å². The molecule has 3 N–H and O–H groups in total. The third kappa shape index (κ3) is 7.28. The molecular formula is C30H39N3O8S. The number of anilines is 1. The number of fused-ring (bicyclic) bond motifs is 3. The molecule has 12 heteroatoms. The minimum absolute atomic E-state index is 0.173. The van der Waals surface area contributed by atoms with Crippen LogP contribution in [0.2, 0.25) is 0 Å². The van der Waals surface area contributed by atoms with Gasteiger partial charge in [-0.05, 0) is 73.1 Å². The second-order valence-corrected chi connectivity index (χ2v) is 10.8. The summed E-state index contributed by atoms with van der Waals surface area (Å²) < 4.78 is 21.8. The lowest BCUT2D eigenvalue weighted by atomic mass is 9.95. The summed E-state index contributed by atoms with van der Waals surface area (Å²) in [5, 5.41) is 8.67. The van der Waals surface area contributed by atoms with E-state index in [1.807, 2.05) is 12.3 Å². The maximum atomic E-state index is 13.5. The smallest absolute Gasteiger partial charge is 0.328 e. The number of aryl methyl sites for hydroxylation is 1. The van der Waals surface area contributed by atoms with Crippen molar-refractivity contribution in [1.29, 1.82) is 0 Å². The number of carbonyl (C=O) groups is 3. The quantitative estimate of drug-likeness (QED) is 0.311. The number of hydrogen-bond acceptors (Lipinski definition) is 10. The van der Waals surface area contributed by atoms with Gasteiger partial charge in [0.05, 0.1) is 40.2 Å². The first-order valence-corrected chi connectivity index (χ1v) is 14.9. The lowest BCUT2D eigenvalue weighted by molar-refractivity contribution is -0.145. The van der Waals surface area contributed by atoms with Crippen LogP contribution in [0, 0.1) is 0 Å². The zero-order valence-electron chi connectivity index (χ0n) is 25.0. The molecule has 2 amide bonds. The number of nitrogens with one attached hydrogen (secondary N) is 3. The largest absolute Gasteiger partial charge is 0.493 e. The van der Waals surface area contributed by atoms with Crippen molar-refractivity contribution in [2.45, 2.75) is 51.2 Å². The molecule has 0 aliphatic heterocycles. The standard InChI is InChI=1S/C30H39N3O8S/c1-16(29(36)33-23(12-13-42-7)30(37)41-6)31-22-11-9-19-20(15-24(22)35)21(32-17(2)34)10-8-18-14-25(38-3)27(39-4)28(40-5)26(18)19/h9,11,14-16,21,23H,8,10,12-13H2,1-7H3,(H,31,35)(H,32,34)(H,33,36)/t16-,21-,23-/m1/s1. The third-order valence-electron chi connectivity index (χ3n) is 7.09. The number of thioether (sulfide) groups is 1. The Morgan fingerprint density at radius 1 is 1.05 bits per heavy atom. The Morgan fingerprint density at radius 3 is 2.36 bits per heavy atom. The van der Waals surface area contributed by atoms with Crippen molar-refractivity contribution in [3.63, 3.8) is 0 Å². The van der Waals surface area contributed by atoms with Gasteiger partial charge in [0.1, 0.15) is 12.1 Å². The molecule has 42 heavy (non-hydrogen) atoms. The van der Waals surface area contributed by atoms with E-state index in [2.05, 4.69) is 16.0 Å². The lowest BCUT2D eigenvalue weighted by Crippen LogP contribution is -2.47. The summed E-state index contributed by atoms with van der Waals surface area (Å²) in [5.74, 6) is 0.777. The first-order valence-electron chi connectivity index (χ1n) is 13.5. The van der Waals surface area contributed by atoms with Crippen molar-refractivity contribution in [3.8, 4) is 28.4 Å². The van der Waals surface area contributed by atoms with Crippen LogP contribution in [0.15, 0.2) is 29.1 Å². The minimum Gasteiger partial charge on any atom is -0.493 e. The Hall–Kier alpha value is -3.93. The molecule has 0 saturated carbocycles. The second kappa shape index (κ2) is 14.8. The van der Waals surface area contributed by atoms with Crippen LogP contribution in [-0.2, 0) is 25.5 Å². The van der Waals surface area contributed by atoms with Crippen LogP contribution in [0.5, 0.6) is 17.2 Å². The van der Waals surface area contributed by atoms with E-state index < -0.39 is 30.0 Å². The highest BCUT2D eigenvalue weighted by molar-refractivity contribution is 7.98. The number of carbonyl (C=O) groups excluding carboxylic acids is 3. The van der Waals surface area contributed by atoms with E-state index in [9.17, 15) is 19.2 Å². The van der Waals surface area contributed by atoms with Gasteiger partial charge in [-0.1, -0.05) is 6.07 Å². The molecule has 2 aromatic rings. The second-order valence-electron chi connectivity index (χ2n) is 9.83. The summed E-state index contributed by atoms with van der Waals surface area (Å²) in [5.41, 5.74) is 2.70. The summed E-state index contributed by atoms with van der Waals surface area (Å²) in [7, 11) is 5.87. The highest BCUT2D eigenvalue weighted by atomic mass is 32.2. The van der Waals surface area contributed by atoms with Gasteiger partial charge in [0.25, 0.3) is 0 Å². The number of ether oxygens (including phenoxy) is 4. The van der Waals surface area contributed by atoms with E-state index in [0.717, 1.165) is 11.1 Å². The first kappa shape index (κ1) is 32.6. The number of benzene rings is 1. The van der Waals surface area contributed by atoms with Crippen molar-refractivity contribution in [2.24, 2.45) is 0 Å². The molecule has 0 spiro atoms. The normalized spacial score (nSPS) is 15.1. The average Bonchev–Trinajstić information content (AvgIpc) is 3.21. The van der Waals surface area contributed by atoms with E-state index in [-0.39, 0.29) is 17.0 Å². The first-order chi connectivity index (χ1) is 20.1. The molecule has 0 bridgehead atoms. The fraction of sp³-hybridized carbons (Fsp3) is 0.467. The number of methoxy groups -OCH3 is 4. The van der Waals surface area contributed by atoms with Crippen LogP contribution < -0.4 is 35.6 Å². The molecule has 0 unspecified atom stereocenters. The fourth-order valence-electron chi connectivity index (χ4n) is 5.05. The maximum absolute atomic E-state index is 13.5. The van der Waals surface area contributed by atoms with E-state index in [1.165, 1.54) is 34.3 Å². The predicted molar refractivity (Wildman–Crippen MR) is 163 cm³/mol. The highest BCUT2D eigenvalue weighted by Crippen LogP contribution is 2.50. The van der Waals surface area contributed by atoms with E-state index in [1.54, 1.807) is 37.9 Å². The summed E-state index contributed by atoms with van der Waals surface area (Å²) in [6.07, 6.45) is 3.41. The average molecular weight is 602 g/mol. The Bertz CT molecular complexity index is 1380. The van der Waals surface area contributed by atoms with Gasteiger partial charge in [-0.3, -0.25) is 14.4 Å². The Labute approximate surface area is 250 Å². The number of amides is 2. The van der Waals surface area contributed by atoms with Gasteiger partial charge >= 0.3 is 5.97 Å². The molecule has 3 atom stereocenters. The summed E-state index contributed by atoms with van der Waals surface area (Å²) in [6.45, 7) is 3.03. The Kier molecular flexibility index (Phi) is 11.5. The van der Waals surface area contributed by atoms with Crippen LogP contribution in [0.3, 0.4) is 0 Å². The van der Waals surface area contributed by atoms with Crippen molar-refractivity contribution in [2.75, 3.05) is 45.8 Å². The Morgan fingerprint density at radius 2 is 1.76 bits per heavy atom. The topological polar surface area (TPSA) is 141 Å². The molecule has 3 rings (SSSR count). The Balaban J connectivity index is 2.09. The van der Waals surface area contributed by atoms with Gasteiger partial charge in [-0.2, -0.15) is 11.8 Å². The van der Waals surface area contributed by atoms with Crippen LogP contribution >= 0.6 is 11.8 Å². The van der Waals surface area contributed by atoms with Crippen LogP contribution in [0.25, 0.3) is 11.1 Å². The molecule has 0 saturated heterocycles. The number of hydrogen-bond donors (Lipinski definition) is 3. The van der Waals surface area contributed by atoms with Crippen LogP contribution in [-0.4, -0.2) is 70.3 Å². The molecule has 1 aliphatic rings. The molecule has 2 aromatic carbocycles. The molecule has 0 heterocycles. The van der Waals surface area contributed by atoms with Gasteiger partial charge < -0.3 is 34.9 Å². The van der Waals surface area contributed by atoms with Gasteiger partial charge in [0, 0.05) is 12.5 Å². The van der Waals surface area contributed by atoms with Crippen molar-refractivity contribution < 1.29 is 33.3 Å².